The highest BCUT2D eigenvalue weighted by Gasteiger charge is 2.10. The topological polar surface area (TPSA) is 79.2 Å². The normalized spacial score (nSPS) is 10.8. The van der Waals surface area contributed by atoms with Crippen molar-refractivity contribution in [1.29, 1.82) is 0 Å². The third-order valence-electron chi connectivity index (χ3n) is 2.74. The molecule has 0 aliphatic rings. The molecule has 2 aromatic rings. The maximum absolute atomic E-state index is 12.0. The summed E-state index contributed by atoms with van der Waals surface area (Å²) < 4.78 is 7.43. The molecule has 0 aliphatic heterocycles. The van der Waals surface area contributed by atoms with Gasteiger partial charge in [0.2, 0.25) is 0 Å². The molecule has 0 saturated heterocycles. The first-order chi connectivity index (χ1) is 8.10. The van der Waals surface area contributed by atoms with Gasteiger partial charge in [-0.15, -0.1) is 0 Å². The van der Waals surface area contributed by atoms with Gasteiger partial charge in [-0.2, -0.15) is 0 Å². The van der Waals surface area contributed by atoms with Gasteiger partial charge in [-0.1, -0.05) is 0 Å². The molecular formula is C11H13N3O3. The smallest absolute Gasteiger partial charge is 0.332 e. The number of benzene rings is 1. The molecule has 0 radical (unpaired) electrons. The summed E-state index contributed by atoms with van der Waals surface area (Å²) >= 11 is 0. The number of hydrogen-bond donors (Lipinski definition) is 1. The predicted octanol–water partition coefficient (Wildman–Crippen LogP) is -0.375. The summed E-state index contributed by atoms with van der Waals surface area (Å²) in [5.74, 6) is 0.567. The first kappa shape index (κ1) is 11.4. The zero-order valence-electron chi connectivity index (χ0n) is 9.64. The van der Waals surface area contributed by atoms with E-state index in [0.717, 1.165) is 4.57 Å². The van der Waals surface area contributed by atoms with Gasteiger partial charge in [0.15, 0.2) is 0 Å². The van der Waals surface area contributed by atoms with E-state index >= 15 is 0 Å². The average molecular weight is 235 g/mol. The number of nitrogens with zero attached hydrogens (tertiary/aromatic N) is 2. The highest BCUT2D eigenvalue weighted by Crippen LogP contribution is 2.16. The predicted molar refractivity (Wildman–Crippen MR) is 64.2 cm³/mol. The second-order valence-corrected chi connectivity index (χ2v) is 3.64. The van der Waals surface area contributed by atoms with Gasteiger partial charge in [0, 0.05) is 7.05 Å². The number of hydrogen-bond acceptors (Lipinski definition) is 4. The van der Waals surface area contributed by atoms with Crippen LogP contribution >= 0.6 is 0 Å². The minimum Gasteiger partial charge on any atom is -0.497 e. The maximum atomic E-state index is 12.0. The molecule has 0 saturated carbocycles. The number of nitrogens with two attached hydrogens (primary N) is 1. The van der Waals surface area contributed by atoms with E-state index in [2.05, 4.69) is 0 Å². The van der Waals surface area contributed by atoms with Crippen LogP contribution in [0.3, 0.4) is 0 Å². The van der Waals surface area contributed by atoms with Crippen LogP contribution < -0.4 is 21.7 Å². The van der Waals surface area contributed by atoms with Gasteiger partial charge in [0.25, 0.3) is 5.56 Å². The van der Waals surface area contributed by atoms with Crippen LogP contribution in [0.4, 0.5) is 0 Å². The van der Waals surface area contributed by atoms with E-state index in [-0.39, 0.29) is 6.67 Å². The van der Waals surface area contributed by atoms with Crippen LogP contribution in [0.1, 0.15) is 0 Å². The Morgan fingerprint density at radius 3 is 2.65 bits per heavy atom. The fourth-order valence-corrected chi connectivity index (χ4v) is 1.78. The van der Waals surface area contributed by atoms with Gasteiger partial charge in [-0.3, -0.25) is 9.36 Å². The van der Waals surface area contributed by atoms with E-state index in [1.54, 1.807) is 25.2 Å². The van der Waals surface area contributed by atoms with Crippen molar-refractivity contribution in [2.45, 2.75) is 6.67 Å². The molecule has 90 valence electrons. The first-order valence-corrected chi connectivity index (χ1v) is 5.07. The van der Waals surface area contributed by atoms with Crippen LogP contribution in [0.25, 0.3) is 10.9 Å². The molecule has 1 heterocycles. The summed E-state index contributed by atoms with van der Waals surface area (Å²) in [6.07, 6.45) is 0. The Balaban J connectivity index is 2.99. The van der Waals surface area contributed by atoms with E-state index in [9.17, 15) is 9.59 Å². The Bertz CT molecular complexity index is 685. The number of ether oxygens (including phenoxy) is 1. The lowest BCUT2D eigenvalue weighted by Gasteiger charge is -2.09. The number of aromatic nitrogens is 2. The molecule has 17 heavy (non-hydrogen) atoms. The fraction of sp³-hybridized carbons (Fsp3) is 0.273. The van der Waals surface area contributed by atoms with Gasteiger partial charge in [-0.05, 0) is 18.2 Å². The van der Waals surface area contributed by atoms with Gasteiger partial charge in [0.1, 0.15) is 5.75 Å². The largest absolute Gasteiger partial charge is 0.497 e. The average Bonchev–Trinajstić information content (AvgIpc) is 2.36. The Labute approximate surface area is 96.8 Å². The van der Waals surface area contributed by atoms with Gasteiger partial charge >= 0.3 is 5.69 Å². The second kappa shape index (κ2) is 4.06. The second-order valence-electron chi connectivity index (χ2n) is 3.64. The van der Waals surface area contributed by atoms with Gasteiger partial charge in [-0.25, -0.2) is 9.36 Å². The van der Waals surface area contributed by atoms with Crippen molar-refractivity contribution >= 4 is 10.9 Å². The third-order valence-corrected chi connectivity index (χ3v) is 2.74. The molecule has 0 aliphatic carbocycles. The van der Waals surface area contributed by atoms with Crippen molar-refractivity contribution in [3.05, 3.63) is 39.0 Å². The molecule has 0 atom stereocenters. The summed E-state index contributed by atoms with van der Waals surface area (Å²) in [5.41, 5.74) is 5.14. The Morgan fingerprint density at radius 1 is 1.35 bits per heavy atom. The quantitative estimate of drug-likeness (QED) is 0.770. The molecule has 2 N–H and O–H groups in total. The highest BCUT2D eigenvalue weighted by molar-refractivity contribution is 5.79. The number of aryl methyl sites for hydroxylation is 1. The lowest BCUT2D eigenvalue weighted by molar-refractivity contribution is 0.415. The monoisotopic (exact) mass is 235 g/mol. The lowest BCUT2D eigenvalue weighted by atomic mass is 10.2. The van der Waals surface area contributed by atoms with Crippen LogP contribution in [-0.4, -0.2) is 16.2 Å². The van der Waals surface area contributed by atoms with Crippen LogP contribution in [0.5, 0.6) is 5.75 Å². The molecule has 6 heteroatoms. The number of rotatable bonds is 2. The molecule has 0 spiro atoms. The molecule has 1 aromatic carbocycles. The lowest BCUT2D eigenvalue weighted by Crippen LogP contribution is -2.41. The van der Waals surface area contributed by atoms with Gasteiger partial charge in [0.05, 0.1) is 24.7 Å². The van der Waals surface area contributed by atoms with E-state index in [4.69, 9.17) is 10.5 Å². The molecular weight excluding hydrogens is 222 g/mol. The number of fused-ring (bicyclic) bond motifs is 1. The Morgan fingerprint density at radius 2 is 2.06 bits per heavy atom. The van der Waals surface area contributed by atoms with Crippen molar-refractivity contribution in [1.82, 2.24) is 9.13 Å². The molecule has 6 nitrogen and oxygen atoms in total. The minimum atomic E-state index is -0.421. The van der Waals surface area contributed by atoms with Crippen molar-refractivity contribution in [3.63, 3.8) is 0 Å². The third kappa shape index (κ3) is 1.62. The van der Waals surface area contributed by atoms with E-state index < -0.39 is 11.2 Å². The summed E-state index contributed by atoms with van der Waals surface area (Å²) in [7, 11) is 3.12. The molecule has 1 aromatic heterocycles. The summed E-state index contributed by atoms with van der Waals surface area (Å²) in [4.78, 5) is 23.8. The summed E-state index contributed by atoms with van der Waals surface area (Å²) in [5, 5.41) is 0.414. The van der Waals surface area contributed by atoms with E-state index in [1.165, 1.54) is 11.7 Å². The highest BCUT2D eigenvalue weighted by atomic mass is 16.5. The summed E-state index contributed by atoms with van der Waals surface area (Å²) in [6.45, 7) is -0.140. The first-order valence-electron chi connectivity index (χ1n) is 5.07. The van der Waals surface area contributed by atoms with Crippen LogP contribution in [0.15, 0.2) is 27.8 Å². The zero-order chi connectivity index (χ0) is 12.6. The van der Waals surface area contributed by atoms with Crippen molar-refractivity contribution in [3.8, 4) is 5.75 Å². The van der Waals surface area contributed by atoms with Crippen molar-refractivity contribution < 1.29 is 4.74 Å². The fourth-order valence-electron chi connectivity index (χ4n) is 1.78. The van der Waals surface area contributed by atoms with Crippen molar-refractivity contribution in [2.24, 2.45) is 12.8 Å². The maximum Gasteiger partial charge on any atom is 0.332 e. The Hall–Kier alpha value is -2.08. The molecule has 0 fully saturated rings. The van der Waals surface area contributed by atoms with E-state index in [1.807, 2.05) is 0 Å². The molecule has 2 rings (SSSR count). The summed E-state index contributed by atoms with van der Waals surface area (Å²) in [6, 6.07) is 4.98. The van der Waals surface area contributed by atoms with Crippen LogP contribution in [0, 0.1) is 0 Å². The standard InChI is InChI=1S/C11H13N3O3/c1-13-9-4-3-7(17-2)5-8(9)10(15)14(6-12)11(13)16/h3-5H,6,12H2,1-2H3. The number of methoxy groups -OCH3 is 1. The molecule has 0 bridgehead atoms. The van der Waals surface area contributed by atoms with Crippen molar-refractivity contribution in [2.75, 3.05) is 7.11 Å². The van der Waals surface area contributed by atoms with Crippen LogP contribution in [-0.2, 0) is 13.7 Å². The minimum absolute atomic E-state index is 0.140. The Kier molecular flexibility index (Phi) is 2.72. The zero-order valence-corrected chi connectivity index (χ0v) is 9.64. The molecule has 0 amide bonds. The van der Waals surface area contributed by atoms with Crippen LogP contribution in [0.2, 0.25) is 0 Å². The SMILES string of the molecule is COc1ccc2c(c1)c(=O)n(CN)c(=O)n2C. The van der Waals surface area contributed by atoms with Gasteiger partial charge < -0.3 is 10.5 Å². The van der Waals surface area contributed by atoms with E-state index in [0.29, 0.717) is 16.7 Å². The molecule has 0 unspecified atom stereocenters.